The SMILES string of the molecule is CCN(CCNC(=O)c1nc(N2CCCC2)ncc1Cl)c1ccccc1C. The van der Waals surface area contributed by atoms with Crippen molar-refractivity contribution < 1.29 is 4.79 Å². The van der Waals surface area contributed by atoms with Gasteiger partial charge in [-0.2, -0.15) is 0 Å². The highest BCUT2D eigenvalue weighted by Gasteiger charge is 2.19. The molecule has 1 aromatic heterocycles. The number of nitrogens with one attached hydrogen (secondary N) is 1. The first-order chi connectivity index (χ1) is 13.1. The van der Waals surface area contributed by atoms with Crippen molar-refractivity contribution in [3.63, 3.8) is 0 Å². The number of hydrogen-bond acceptors (Lipinski definition) is 5. The fourth-order valence-corrected chi connectivity index (χ4v) is 3.52. The average molecular weight is 388 g/mol. The lowest BCUT2D eigenvalue weighted by Crippen LogP contribution is -2.36. The topological polar surface area (TPSA) is 61.4 Å². The van der Waals surface area contributed by atoms with Crippen LogP contribution in [0.2, 0.25) is 5.02 Å². The number of aromatic nitrogens is 2. The third-order valence-electron chi connectivity index (χ3n) is 4.84. The zero-order valence-electron chi connectivity index (χ0n) is 15.9. The molecule has 2 aromatic rings. The smallest absolute Gasteiger partial charge is 0.271 e. The summed E-state index contributed by atoms with van der Waals surface area (Å²) in [6, 6.07) is 8.26. The molecule has 0 unspecified atom stereocenters. The Morgan fingerprint density at radius 2 is 2.04 bits per heavy atom. The molecule has 1 fully saturated rings. The number of para-hydroxylation sites is 1. The fourth-order valence-electron chi connectivity index (χ4n) is 3.34. The fraction of sp³-hybridized carbons (Fsp3) is 0.450. The molecule has 0 radical (unpaired) electrons. The molecule has 0 saturated carbocycles. The van der Waals surface area contributed by atoms with Gasteiger partial charge in [-0.1, -0.05) is 29.8 Å². The summed E-state index contributed by atoms with van der Waals surface area (Å²) in [6.45, 7) is 8.15. The molecule has 0 atom stereocenters. The van der Waals surface area contributed by atoms with Crippen molar-refractivity contribution in [3.8, 4) is 0 Å². The second kappa shape index (κ2) is 9.04. The van der Waals surface area contributed by atoms with Crippen LogP contribution in [0.15, 0.2) is 30.5 Å². The normalized spacial score (nSPS) is 13.7. The molecule has 6 nitrogen and oxygen atoms in total. The number of hydrogen-bond donors (Lipinski definition) is 1. The first-order valence-corrected chi connectivity index (χ1v) is 9.84. The van der Waals surface area contributed by atoms with Gasteiger partial charge in [0, 0.05) is 38.4 Å². The van der Waals surface area contributed by atoms with E-state index in [0.717, 1.165) is 39.0 Å². The number of amides is 1. The zero-order chi connectivity index (χ0) is 19.2. The van der Waals surface area contributed by atoms with Crippen LogP contribution in [0.1, 0.15) is 35.8 Å². The van der Waals surface area contributed by atoms with Crippen LogP contribution in [0.4, 0.5) is 11.6 Å². The molecule has 0 spiro atoms. The number of nitrogens with zero attached hydrogens (tertiary/aromatic N) is 4. The molecule has 1 aliphatic heterocycles. The summed E-state index contributed by atoms with van der Waals surface area (Å²) in [5.41, 5.74) is 2.65. The van der Waals surface area contributed by atoms with Crippen molar-refractivity contribution in [3.05, 3.63) is 46.7 Å². The Kier molecular flexibility index (Phi) is 6.50. The number of anilines is 2. The monoisotopic (exact) mass is 387 g/mol. The summed E-state index contributed by atoms with van der Waals surface area (Å²) in [5, 5.41) is 3.22. The highest BCUT2D eigenvalue weighted by atomic mass is 35.5. The van der Waals surface area contributed by atoms with E-state index in [2.05, 4.69) is 51.1 Å². The molecule has 3 rings (SSSR count). The van der Waals surface area contributed by atoms with E-state index in [4.69, 9.17) is 11.6 Å². The van der Waals surface area contributed by atoms with Crippen LogP contribution in [0.5, 0.6) is 0 Å². The number of halogens is 1. The van der Waals surface area contributed by atoms with E-state index in [0.29, 0.717) is 12.5 Å². The number of aryl methyl sites for hydroxylation is 1. The van der Waals surface area contributed by atoms with E-state index in [1.54, 1.807) is 0 Å². The molecule has 1 aliphatic rings. The number of rotatable bonds is 7. The molecule has 1 N–H and O–H groups in total. The second-order valence-corrected chi connectivity index (χ2v) is 7.09. The van der Waals surface area contributed by atoms with Crippen LogP contribution in [-0.4, -0.2) is 48.6 Å². The van der Waals surface area contributed by atoms with E-state index in [-0.39, 0.29) is 16.6 Å². The Hall–Kier alpha value is -2.34. The zero-order valence-corrected chi connectivity index (χ0v) is 16.7. The molecule has 1 saturated heterocycles. The van der Waals surface area contributed by atoms with Gasteiger partial charge in [0.2, 0.25) is 5.95 Å². The van der Waals surface area contributed by atoms with Gasteiger partial charge < -0.3 is 15.1 Å². The third kappa shape index (κ3) is 4.69. The lowest BCUT2D eigenvalue weighted by Gasteiger charge is -2.25. The van der Waals surface area contributed by atoms with Crippen molar-refractivity contribution in [1.82, 2.24) is 15.3 Å². The molecule has 2 heterocycles. The van der Waals surface area contributed by atoms with E-state index >= 15 is 0 Å². The van der Waals surface area contributed by atoms with Gasteiger partial charge in [-0.25, -0.2) is 9.97 Å². The largest absolute Gasteiger partial charge is 0.370 e. The highest BCUT2D eigenvalue weighted by Crippen LogP contribution is 2.20. The van der Waals surface area contributed by atoms with E-state index in [1.165, 1.54) is 17.4 Å². The molecule has 27 heavy (non-hydrogen) atoms. The number of benzene rings is 1. The average Bonchev–Trinajstić information content (AvgIpc) is 3.21. The number of carbonyl (C=O) groups excluding carboxylic acids is 1. The van der Waals surface area contributed by atoms with Crippen LogP contribution in [-0.2, 0) is 0 Å². The molecular formula is C20H26ClN5O. The van der Waals surface area contributed by atoms with Crippen LogP contribution in [0.25, 0.3) is 0 Å². The van der Waals surface area contributed by atoms with Gasteiger partial charge in [0.05, 0.1) is 11.2 Å². The van der Waals surface area contributed by atoms with E-state index in [1.807, 2.05) is 12.1 Å². The summed E-state index contributed by atoms with van der Waals surface area (Å²) in [6.07, 6.45) is 3.77. The van der Waals surface area contributed by atoms with Gasteiger partial charge >= 0.3 is 0 Å². The minimum absolute atomic E-state index is 0.243. The Labute approximate surface area is 165 Å². The predicted molar refractivity (Wildman–Crippen MR) is 110 cm³/mol. The predicted octanol–water partition coefficient (Wildman–Crippen LogP) is 3.29. The summed E-state index contributed by atoms with van der Waals surface area (Å²) in [5.74, 6) is 0.320. The van der Waals surface area contributed by atoms with E-state index < -0.39 is 0 Å². The van der Waals surface area contributed by atoms with Crippen molar-refractivity contribution in [1.29, 1.82) is 0 Å². The standard InChI is InChI=1S/C20H26ClN5O/c1-3-25(17-9-5-4-8-15(17)2)13-10-22-19(27)18-16(21)14-23-20(24-18)26-11-6-7-12-26/h4-5,8-9,14H,3,6-7,10-13H2,1-2H3,(H,22,27). The van der Waals surface area contributed by atoms with Crippen molar-refractivity contribution in [2.75, 3.05) is 42.5 Å². The van der Waals surface area contributed by atoms with Gasteiger partial charge in [0.1, 0.15) is 0 Å². The first kappa shape index (κ1) is 19.4. The Bertz CT molecular complexity index is 792. The molecule has 1 amide bonds. The summed E-state index contributed by atoms with van der Waals surface area (Å²) < 4.78 is 0. The van der Waals surface area contributed by atoms with E-state index in [9.17, 15) is 4.79 Å². The lowest BCUT2D eigenvalue weighted by atomic mass is 10.2. The minimum atomic E-state index is -0.260. The van der Waals surface area contributed by atoms with Gasteiger partial charge in [-0.3, -0.25) is 4.79 Å². The van der Waals surface area contributed by atoms with Gasteiger partial charge in [-0.15, -0.1) is 0 Å². The first-order valence-electron chi connectivity index (χ1n) is 9.46. The molecule has 0 bridgehead atoms. The molecule has 0 aliphatic carbocycles. The van der Waals surface area contributed by atoms with Gasteiger partial charge in [0.15, 0.2) is 5.69 Å². The quantitative estimate of drug-likeness (QED) is 0.789. The third-order valence-corrected chi connectivity index (χ3v) is 5.12. The maximum absolute atomic E-state index is 12.6. The van der Waals surface area contributed by atoms with Crippen molar-refractivity contribution >= 4 is 29.1 Å². The molecule has 144 valence electrons. The Morgan fingerprint density at radius 3 is 2.74 bits per heavy atom. The number of likely N-dealkylation sites (N-methyl/N-ethyl adjacent to an activating group) is 1. The van der Waals surface area contributed by atoms with Crippen molar-refractivity contribution in [2.24, 2.45) is 0 Å². The van der Waals surface area contributed by atoms with Crippen LogP contribution in [0, 0.1) is 6.92 Å². The summed E-state index contributed by atoms with van der Waals surface area (Å²) in [4.78, 5) is 25.6. The summed E-state index contributed by atoms with van der Waals surface area (Å²) >= 11 is 6.17. The van der Waals surface area contributed by atoms with Gasteiger partial charge in [0.25, 0.3) is 5.91 Å². The maximum Gasteiger partial charge on any atom is 0.271 e. The highest BCUT2D eigenvalue weighted by molar-refractivity contribution is 6.33. The number of carbonyl (C=O) groups is 1. The molecule has 7 heteroatoms. The second-order valence-electron chi connectivity index (χ2n) is 6.68. The van der Waals surface area contributed by atoms with Gasteiger partial charge in [-0.05, 0) is 38.3 Å². The van der Waals surface area contributed by atoms with Crippen LogP contribution >= 0.6 is 11.6 Å². The Morgan fingerprint density at radius 1 is 1.30 bits per heavy atom. The molecular weight excluding hydrogens is 362 g/mol. The lowest BCUT2D eigenvalue weighted by molar-refractivity contribution is 0.0949. The Balaban J connectivity index is 1.62. The summed E-state index contributed by atoms with van der Waals surface area (Å²) in [7, 11) is 0. The van der Waals surface area contributed by atoms with Crippen molar-refractivity contribution in [2.45, 2.75) is 26.7 Å². The van der Waals surface area contributed by atoms with Crippen LogP contribution in [0.3, 0.4) is 0 Å². The molecule has 1 aromatic carbocycles. The maximum atomic E-state index is 12.6. The van der Waals surface area contributed by atoms with Crippen LogP contribution < -0.4 is 15.1 Å². The minimum Gasteiger partial charge on any atom is -0.370 e.